The molecule has 0 atom stereocenters. The number of nitrogens with zero attached hydrogens (tertiary/aromatic N) is 1. The molecule has 1 nitrogen and oxygen atoms in total. The van der Waals surface area contributed by atoms with Crippen molar-refractivity contribution in [3.63, 3.8) is 0 Å². The van der Waals surface area contributed by atoms with E-state index in [1.54, 1.807) is 0 Å². The highest BCUT2D eigenvalue weighted by atomic mass is 15.1. The van der Waals surface area contributed by atoms with Gasteiger partial charge in [0.1, 0.15) is 0 Å². The zero-order chi connectivity index (χ0) is 18.8. The van der Waals surface area contributed by atoms with Gasteiger partial charge in [-0.1, -0.05) is 81.8 Å². The third kappa shape index (κ3) is 5.49. The van der Waals surface area contributed by atoms with Crippen LogP contribution < -0.4 is 0 Å². The van der Waals surface area contributed by atoms with Crippen LogP contribution in [0, 0.1) is 0 Å². The van der Waals surface area contributed by atoms with Crippen molar-refractivity contribution in [2.24, 2.45) is 0 Å². The molecular formula is C25H35N. The minimum Gasteiger partial charge on any atom is -0.371 e. The first-order valence-electron chi connectivity index (χ1n) is 10.3. The molecular weight excluding hydrogens is 314 g/mol. The average molecular weight is 350 g/mol. The van der Waals surface area contributed by atoms with E-state index in [-0.39, 0.29) is 0 Å². The minimum atomic E-state index is 1.09. The van der Waals surface area contributed by atoms with E-state index >= 15 is 0 Å². The lowest BCUT2D eigenvalue weighted by atomic mass is 9.99. The normalized spacial score (nSPS) is 14.6. The van der Waals surface area contributed by atoms with Crippen molar-refractivity contribution in [3.05, 3.63) is 65.7 Å². The lowest BCUT2D eigenvalue weighted by Gasteiger charge is -2.31. The Labute approximate surface area is 160 Å². The van der Waals surface area contributed by atoms with Gasteiger partial charge < -0.3 is 4.90 Å². The van der Waals surface area contributed by atoms with E-state index in [2.05, 4.69) is 87.2 Å². The van der Waals surface area contributed by atoms with Gasteiger partial charge in [-0.2, -0.15) is 0 Å². The number of benzene rings is 2. The van der Waals surface area contributed by atoms with Crippen LogP contribution in [-0.4, -0.2) is 18.0 Å². The van der Waals surface area contributed by atoms with Gasteiger partial charge in [-0.3, -0.25) is 0 Å². The van der Waals surface area contributed by atoms with Gasteiger partial charge in [0, 0.05) is 18.8 Å². The third-order valence-corrected chi connectivity index (χ3v) is 4.82. The van der Waals surface area contributed by atoms with Crippen molar-refractivity contribution in [1.82, 2.24) is 4.90 Å². The fourth-order valence-electron chi connectivity index (χ4n) is 3.47. The van der Waals surface area contributed by atoms with E-state index < -0.39 is 0 Å². The van der Waals surface area contributed by atoms with Crippen LogP contribution in [0.1, 0.15) is 64.5 Å². The second-order valence-electron chi connectivity index (χ2n) is 7.06. The Hall–Kier alpha value is -2.02. The lowest BCUT2D eigenvalue weighted by molar-refractivity contribution is 0.325. The minimum absolute atomic E-state index is 1.09. The van der Waals surface area contributed by atoms with Crippen molar-refractivity contribution in [2.75, 3.05) is 13.1 Å². The average Bonchev–Trinajstić information content (AvgIpc) is 2.71. The number of hydrogen-bond donors (Lipinski definition) is 0. The molecule has 26 heavy (non-hydrogen) atoms. The maximum Gasteiger partial charge on any atom is 0.0396 e. The first-order chi connectivity index (χ1) is 12.7. The monoisotopic (exact) mass is 349 g/mol. The summed E-state index contributed by atoms with van der Waals surface area (Å²) in [5.74, 6) is 0. The zero-order valence-corrected chi connectivity index (χ0v) is 17.1. The molecule has 0 N–H and O–H groups in total. The number of likely N-dealkylation sites (tertiary alicyclic amines) is 1. The smallest absolute Gasteiger partial charge is 0.0396 e. The predicted molar refractivity (Wildman–Crippen MR) is 116 cm³/mol. The Morgan fingerprint density at radius 2 is 1.54 bits per heavy atom. The van der Waals surface area contributed by atoms with Gasteiger partial charge >= 0.3 is 0 Å². The molecule has 1 heterocycles. The van der Waals surface area contributed by atoms with Crippen molar-refractivity contribution in [2.45, 2.75) is 59.8 Å². The molecule has 0 amide bonds. The molecule has 0 unspecified atom stereocenters. The molecule has 2 aromatic carbocycles. The molecule has 140 valence electrons. The Kier molecular flexibility index (Phi) is 8.47. The van der Waals surface area contributed by atoms with E-state index in [0.717, 1.165) is 6.42 Å². The van der Waals surface area contributed by atoms with E-state index in [4.69, 9.17) is 0 Å². The zero-order valence-electron chi connectivity index (χ0n) is 17.1. The third-order valence-electron chi connectivity index (χ3n) is 4.82. The fourth-order valence-corrected chi connectivity index (χ4v) is 3.47. The van der Waals surface area contributed by atoms with Gasteiger partial charge in [-0.15, -0.1) is 0 Å². The summed E-state index contributed by atoms with van der Waals surface area (Å²) in [6, 6.07) is 17.9. The number of allylic oxidation sites excluding steroid dienone is 1. The van der Waals surface area contributed by atoms with Crippen molar-refractivity contribution < 1.29 is 0 Å². The SMILES string of the molecule is C/C=C(\c1ccc(-c2cccc(CC)c2)cc1)N1CCCCC1.CCC. The van der Waals surface area contributed by atoms with Crippen LogP contribution in [-0.2, 0) is 6.42 Å². The summed E-state index contributed by atoms with van der Waals surface area (Å²) in [5.41, 5.74) is 6.74. The Bertz CT molecular complexity index is 676. The van der Waals surface area contributed by atoms with Crippen LogP contribution in [0.15, 0.2) is 54.6 Å². The number of piperidine rings is 1. The summed E-state index contributed by atoms with van der Waals surface area (Å²) >= 11 is 0. The first-order valence-corrected chi connectivity index (χ1v) is 10.3. The van der Waals surface area contributed by atoms with Crippen LogP contribution >= 0.6 is 0 Å². The van der Waals surface area contributed by atoms with Gasteiger partial charge in [-0.25, -0.2) is 0 Å². The predicted octanol–water partition coefficient (Wildman–Crippen LogP) is 7.18. The van der Waals surface area contributed by atoms with Crippen molar-refractivity contribution in [1.29, 1.82) is 0 Å². The molecule has 1 heteroatoms. The molecule has 1 aliphatic heterocycles. The van der Waals surface area contributed by atoms with Crippen molar-refractivity contribution >= 4 is 5.70 Å². The van der Waals surface area contributed by atoms with E-state index in [1.165, 1.54) is 66.7 Å². The standard InChI is InChI=1S/C22H27N.C3H8/c1-3-18-9-8-10-21(17-18)19-11-13-20(14-12-19)22(4-2)23-15-6-5-7-16-23;1-3-2/h4,8-14,17H,3,5-7,15-16H2,1-2H3;3H2,1-2H3/b22-4+;. The fraction of sp³-hybridized carbons (Fsp3) is 0.440. The quantitative estimate of drug-likeness (QED) is 0.565. The van der Waals surface area contributed by atoms with Crippen LogP contribution in [0.2, 0.25) is 0 Å². The largest absolute Gasteiger partial charge is 0.371 e. The molecule has 1 aliphatic rings. The molecule has 2 aromatic rings. The van der Waals surface area contributed by atoms with Gasteiger partial charge in [0.25, 0.3) is 0 Å². The van der Waals surface area contributed by atoms with Crippen LogP contribution in [0.4, 0.5) is 0 Å². The van der Waals surface area contributed by atoms with E-state index in [1.807, 2.05) is 0 Å². The second-order valence-corrected chi connectivity index (χ2v) is 7.06. The summed E-state index contributed by atoms with van der Waals surface area (Å²) in [7, 11) is 0. The highest BCUT2D eigenvalue weighted by Gasteiger charge is 2.14. The maximum absolute atomic E-state index is 2.54. The highest BCUT2D eigenvalue weighted by molar-refractivity contribution is 5.70. The van der Waals surface area contributed by atoms with Crippen LogP contribution in [0.25, 0.3) is 16.8 Å². The first kappa shape index (κ1) is 20.3. The van der Waals surface area contributed by atoms with Crippen LogP contribution in [0.3, 0.4) is 0 Å². The van der Waals surface area contributed by atoms with Gasteiger partial charge in [-0.05, 0) is 54.9 Å². The molecule has 0 spiro atoms. The molecule has 0 aliphatic carbocycles. The summed E-state index contributed by atoms with van der Waals surface area (Å²) in [6.45, 7) is 11.0. The van der Waals surface area contributed by atoms with Crippen molar-refractivity contribution in [3.8, 4) is 11.1 Å². The van der Waals surface area contributed by atoms with Gasteiger partial charge in [0.15, 0.2) is 0 Å². The highest BCUT2D eigenvalue weighted by Crippen LogP contribution is 2.27. The Balaban J connectivity index is 0.000000758. The molecule has 0 radical (unpaired) electrons. The molecule has 3 rings (SSSR count). The summed E-state index contributed by atoms with van der Waals surface area (Å²) in [6.07, 6.45) is 8.61. The number of hydrogen-bond acceptors (Lipinski definition) is 1. The number of aryl methyl sites for hydroxylation is 1. The summed E-state index contributed by atoms with van der Waals surface area (Å²) < 4.78 is 0. The molecule has 0 bridgehead atoms. The van der Waals surface area contributed by atoms with Gasteiger partial charge in [0.05, 0.1) is 0 Å². The van der Waals surface area contributed by atoms with E-state index in [0.29, 0.717) is 0 Å². The summed E-state index contributed by atoms with van der Waals surface area (Å²) in [5, 5.41) is 0. The topological polar surface area (TPSA) is 3.24 Å². The summed E-state index contributed by atoms with van der Waals surface area (Å²) in [4.78, 5) is 2.54. The molecule has 1 saturated heterocycles. The van der Waals surface area contributed by atoms with E-state index in [9.17, 15) is 0 Å². The second kappa shape index (κ2) is 10.9. The van der Waals surface area contributed by atoms with Gasteiger partial charge in [0.2, 0.25) is 0 Å². The molecule has 1 fully saturated rings. The molecule has 0 aromatic heterocycles. The van der Waals surface area contributed by atoms with Crippen LogP contribution in [0.5, 0.6) is 0 Å². The Morgan fingerprint density at radius 3 is 2.12 bits per heavy atom. The lowest BCUT2D eigenvalue weighted by Crippen LogP contribution is -2.28. The Morgan fingerprint density at radius 1 is 0.885 bits per heavy atom. The maximum atomic E-state index is 2.54. The molecule has 0 saturated carbocycles. The number of rotatable bonds is 4.